The number of rotatable bonds is 4. The third kappa shape index (κ3) is 2.98. The Morgan fingerprint density at radius 2 is 2.17 bits per heavy atom. The highest BCUT2D eigenvalue weighted by Crippen LogP contribution is 2.21. The molecule has 1 amide bonds. The van der Waals surface area contributed by atoms with E-state index in [4.69, 9.17) is 16.1 Å². The number of carbonyl (C=O) groups is 1. The highest BCUT2D eigenvalue weighted by molar-refractivity contribution is 6.32. The minimum atomic E-state index is -0.265. The van der Waals surface area contributed by atoms with Gasteiger partial charge in [0.25, 0.3) is 5.91 Å². The van der Waals surface area contributed by atoms with Gasteiger partial charge >= 0.3 is 0 Å². The van der Waals surface area contributed by atoms with Crippen molar-refractivity contribution < 1.29 is 9.32 Å². The smallest absolute Gasteiger partial charge is 0.261 e. The van der Waals surface area contributed by atoms with Crippen LogP contribution >= 0.6 is 11.6 Å². The first-order valence-electron chi connectivity index (χ1n) is 7.16. The summed E-state index contributed by atoms with van der Waals surface area (Å²) in [7, 11) is 0. The van der Waals surface area contributed by atoms with Gasteiger partial charge in [0.2, 0.25) is 0 Å². The first kappa shape index (κ1) is 15.3. The Labute approximate surface area is 138 Å². The number of amides is 1. The molecule has 6 nitrogen and oxygen atoms in total. The normalized spacial score (nSPS) is 10.7. The topological polar surface area (TPSA) is 73.0 Å². The van der Waals surface area contributed by atoms with Gasteiger partial charge in [0.05, 0.1) is 34.5 Å². The largest absolute Gasteiger partial charge is 0.361 e. The number of hydrogen-bond donors (Lipinski definition) is 1. The van der Waals surface area contributed by atoms with Crippen molar-refractivity contribution in [2.75, 3.05) is 5.32 Å². The molecule has 0 bridgehead atoms. The van der Waals surface area contributed by atoms with Crippen molar-refractivity contribution in [3.05, 3.63) is 58.7 Å². The minimum Gasteiger partial charge on any atom is -0.361 e. The molecule has 0 fully saturated rings. The van der Waals surface area contributed by atoms with E-state index >= 15 is 0 Å². The molecule has 0 saturated heterocycles. The molecule has 0 unspecified atom stereocenters. The summed E-state index contributed by atoms with van der Waals surface area (Å²) in [5, 5.41) is 11.5. The van der Waals surface area contributed by atoms with Gasteiger partial charge in [-0.05, 0) is 25.5 Å². The van der Waals surface area contributed by atoms with Gasteiger partial charge in [-0.15, -0.1) is 0 Å². The molecule has 3 rings (SSSR count). The number of hydrogen-bond acceptors (Lipinski definition) is 4. The number of para-hydroxylation sites is 1. The van der Waals surface area contributed by atoms with E-state index in [1.807, 2.05) is 25.1 Å². The van der Waals surface area contributed by atoms with E-state index in [0.717, 1.165) is 5.69 Å². The fourth-order valence-corrected chi connectivity index (χ4v) is 2.52. The molecule has 0 saturated carbocycles. The van der Waals surface area contributed by atoms with E-state index in [1.165, 1.54) is 0 Å². The summed E-state index contributed by atoms with van der Waals surface area (Å²) in [4.78, 5) is 12.4. The number of carbonyl (C=O) groups excluding carboxylic acids is 1. The number of halogens is 1. The predicted octanol–water partition coefficient (Wildman–Crippen LogP) is 3.64. The highest BCUT2D eigenvalue weighted by Gasteiger charge is 2.19. The minimum absolute atomic E-state index is 0.265. The second-order valence-electron chi connectivity index (χ2n) is 4.99. The molecular weight excluding hydrogens is 316 g/mol. The lowest BCUT2D eigenvalue weighted by atomic mass is 10.1. The number of nitrogens with one attached hydrogen (secondary N) is 1. The average molecular weight is 331 g/mol. The Kier molecular flexibility index (Phi) is 4.16. The van der Waals surface area contributed by atoms with E-state index in [-0.39, 0.29) is 5.91 Å². The SMILES string of the molecule is CCc1noc(C)c1C(=O)Nc1cnn(-c2ccccc2Cl)c1. The Hall–Kier alpha value is -2.60. The molecule has 2 aromatic heterocycles. The Morgan fingerprint density at radius 3 is 2.91 bits per heavy atom. The van der Waals surface area contributed by atoms with Gasteiger partial charge in [0.1, 0.15) is 11.3 Å². The molecule has 0 aliphatic rings. The van der Waals surface area contributed by atoms with Crippen LogP contribution in [-0.2, 0) is 6.42 Å². The molecule has 0 radical (unpaired) electrons. The van der Waals surface area contributed by atoms with Crippen LogP contribution < -0.4 is 5.32 Å². The van der Waals surface area contributed by atoms with Crippen LogP contribution in [0.2, 0.25) is 5.02 Å². The fourth-order valence-electron chi connectivity index (χ4n) is 2.30. The van der Waals surface area contributed by atoms with E-state index in [1.54, 1.807) is 30.1 Å². The number of benzene rings is 1. The maximum atomic E-state index is 12.4. The maximum Gasteiger partial charge on any atom is 0.261 e. The van der Waals surface area contributed by atoms with Gasteiger partial charge in [-0.3, -0.25) is 4.79 Å². The summed E-state index contributed by atoms with van der Waals surface area (Å²) in [5.74, 6) is 0.233. The Bertz CT molecular complexity index is 853. The predicted molar refractivity (Wildman–Crippen MR) is 87.1 cm³/mol. The quantitative estimate of drug-likeness (QED) is 0.792. The molecule has 0 spiro atoms. The van der Waals surface area contributed by atoms with Crippen LogP contribution in [0.1, 0.15) is 28.7 Å². The highest BCUT2D eigenvalue weighted by atomic mass is 35.5. The van der Waals surface area contributed by atoms with Crippen molar-refractivity contribution in [3.8, 4) is 5.69 Å². The van der Waals surface area contributed by atoms with Crippen molar-refractivity contribution in [1.29, 1.82) is 0 Å². The average Bonchev–Trinajstić information content (AvgIpc) is 3.14. The lowest BCUT2D eigenvalue weighted by Crippen LogP contribution is -2.14. The van der Waals surface area contributed by atoms with Crippen LogP contribution in [0.5, 0.6) is 0 Å². The summed E-state index contributed by atoms with van der Waals surface area (Å²) >= 11 is 6.15. The van der Waals surface area contributed by atoms with Crippen LogP contribution in [0.15, 0.2) is 41.2 Å². The zero-order valence-electron chi connectivity index (χ0n) is 12.7. The maximum absolute atomic E-state index is 12.4. The summed E-state index contributed by atoms with van der Waals surface area (Å²) < 4.78 is 6.70. The van der Waals surface area contributed by atoms with Crippen molar-refractivity contribution in [1.82, 2.24) is 14.9 Å². The second kappa shape index (κ2) is 6.26. The summed E-state index contributed by atoms with van der Waals surface area (Å²) in [6.07, 6.45) is 3.89. The standard InChI is InChI=1S/C16H15ClN4O2/c1-3-13-15(10(2)23-20-13)16(22)19-11-8-18-21(9-11)14-7-5-4-6-12(14)17/h4-9H,3H2,1-2H3,(H,19,22). The summed E-state index contributed by atoms with van der Waals surface area (Å²) in [5.41, 5.74) is 2.42. The first-order chi connectivity index (χ1) is 11.1. The Balaban J connectivity index is 1.83. The van der Waals surface area contributed by atoms with Crippen molar-refractivity contribution >= 4 is 23.2 Å². The van der Waals surface area contributed by atoms with E-state index < -0.39 is 0 Å². The molecule has 1 aromatic carbocycles. The van der Waals surface area contributed by atoms with Gasteiger partial charge in [0.15, 0.2) is 0 Å². The molecule has 0 aliphatic carbocycles. The van der Waals surface area contributed by atoms with Gasteiger partial charge in [0, 0.05) is 0 Å². The molecule has 23 heavy (non-hydrogen) atoms. The number of aromatic nitrogens is 3. The number of nitrogens with zero attached hydrogens (tertiary/aromatic N) is 3. The van der Waals surface area contributed by atoms with E-state index in [2.05, 4.69) is 15.6 Å². The monoisotopic (exact) mass is 330 g/mol. The first-order valence-corrected chi connectivity index (χ1v) is 7.54. The van der Waals surface area contributed by atoms with Crippen molar-refractivity contribution in [2.24, 2.45) is 0 Å². The van der Waals surface area contributed by atoms with E-state index in [0.29, 0.717) is 34.1 Å². The number of anilines is 1. The Morgan fingerprint density at radius 1 is 1.39 bits per heavy atom. The fraction of sp³-hybridized carbons (Fsp3) is 0.188. The van der Waals surface area contributed by atoms with Crippen LogP contribution in [-0.4, -0.2) is 20.8 Å². The van der Waals surface area contributed by atoms with Gasteiger partial charge in [-0.25, -0.2) is 4.68 Å². The lowest BCUT2D eigenvalue weighted by molar-refractivity contribution is 0.102. The zero-order chi connectivity index (χ0) is 16.4. The zero-order valence-corrected chi connectivity index (χ0v) is 13.5. The van der Waals surface area contributed by atoms with Crippen LogP contribution in [0.3, 0.4) is 0 Å². The molecule has 7 heteroatoms. The summed E-state index contributed by atoms with van der Waals surface area (Å²) in [6, 6.07) is 7.35. The van der Waals surface area contributed by atoms with Crippen LogP contribution in [0.25, 0.3) is 5.69 Å². The molecule has 2 heterocycles. The molecule has 118 valence electrons. The molecule has 0 aliphatic heterocycles. The third-order valence-electron chi connectivity index (χ3n) is 3.44. The summed E-state index contributed by atoms with van der Waals surface area (Å²) in [6.45, 7) is 3.64. The molecule has 1 N–H and O–H groups in total. The van der Waals surface area contributed by atoms with Gasteiger partial charge in [-0.2, -0.15) is 5.10 Å². The second-order valence-corrected chi connectivity index (χ2v) is 5.40. The lowest BCUT2D eigenvalue weighted by Gasteiger charge is -2.03. The van der Waals surface area contributed by atoms with Crippen LogP contribution in [0.4, 0.5) is 5.69 Å². The molecule has 0 atom stereocenters. The van der Waals surface area contributed by atoms with Crippen LogP contribution in [0, 0.1) is 6.92 Å². The van der Waals surface area contributed by atoms with Gasteiger partial charge in [-0.1, -0.05) is 35.8 Å². The van der Waals surface area contributed by atoms with Crippen molar-refractivity contribution in [3.63, 3.8) is 0 Å². The third-order valence-corrected chi connectivity index (χ3v) is 3.75. The molecule has 3 aromatic rings. The van der Waals surface area contributed by atoms with Gasteiger partial charge < -0.3 is 9.84 Å². The van der Waals surface area contributed by atoms with E-state index in [9.17, 15) is 4.79 Å². The number of aryl methyl sites for hydroxylation is 2. The molecular formula is C16H15ClN4O2. The van der Waals surface area contributed by atoms with Crippen molar-refractivity contribution in [2.45, 2.75) is 20.3 Å².